The molecule has 162 valence electrons. The molecular formula is C24H31FN2O3. The summed E-state index contributed by atoms with van der Waals surface area (Å²) in [6.07, 6.45) is 3.53. The van der Waals surface area contributed by atoms with Crippen LogP contribution in [0.15, 0.2) is 24.3 Å². The van der Waals surface area contributed by atoms with Crippen molar-refractivity contribution >= 4 is 17.6 Å². The van der Waals surface area contributed by atoms with Gasteiger partial charge in [0.15, 0.2) is 0 Å². The van der Waals surface area contributed by atoms with E-state index < -0.39 is 0 Å². The Kier molecular flexibility index (Phi) is 6.95. The van der Waals surface area contributed by atoms with Crippen LogP contribution in [0.2, 0.25) is 0 Å². The van der Waals surface area contributed by atoms with Crippen LogP contribution in [0.4, 0.5) is 10.1 Å². The lowest BCUT2D eigenvalue weighted by Crippen LogP contribution is -2.28. The van der Waals surface area contributed by atoms with Crippen LogP contribution in [-0.2, 0) is 16.1 Å². The number of nitrogens with one attached hydrogen (secondary N) is 1. The number of hydrogen-bond donors (Lipinski definition) is 1. The molecule has 2 aromatic rings. The Morgan fingerprint density at radius 2 is 1.83 bits per heavy atom. The molecule has 30 heavy (non-hydrogen) atoms. The molecule has 0 radical (unpaired) electrons. The number of hydrogen-bond acceptors (Lipinski definition) is 3. The maximum Gasteiger partial charge on any atom is 0.339 e. The first-order valence-electron chi connectivity index (χ1n) is 10.7. The number of esters is 1. The quantitative estimate of drug-likeness (QED) is 0.663. The summed E-state index contributed by atoms with van der Waals surface area (Å²) in [5.41, 5.74) is 3.70. The number of carbonyl (C=O) groups excluding carboxylic acids is 2. The van der Waals surface area contributed by atoms with E-state index in [0.717, 1.165) is 43.6 Å². The van der Waals surface area contributed by atoms with Crippen molar-refractivity contribution in [2.75, 3.05) is 11.9 Å². The third kappa shape index (κ3) is 4.91. The SMILES string of the molecule is CCOC(=O)c1cc(C)n(CC2CCC(C(=O)Nc3ccc(C)c(F)c3)CC2)c1C. The molecule has 6 heteroatoms. The largest absolute Gasteiger partial charge is 0.462 e. The minimum Gasteiger partial charge on any atom is -0.462 e. The summed E-state index contributed by atoms with van der Waals surface area (Å²) < 4.78 is 21.0. The van der Waals surface area contributed by atoms with E-state index in [4.69, 9.17) is 4.74 Å². The van der Waals surface area contributed by atoms with E-state index in [9.17, 15) is 14.0 Å². The van der Waals surface area contributed by atoms with Gasteiger partial charge < -0.3 is 14.6 Å². The van der Waals surface area contributed by atoms with E-state index in [-0.39, 0.29) is 23.6 Å². The van der Waals surface area contributed by atoms with Gasteiger partial charge >= 0.3 is 5.97 Å². The van der Waals surface area contributed by atoms with E-state index in [1.165, 1.54) is 6.07 Å². The zero-order valence-corrected chi connectivity index (χ0v) is 18.3. The smallest absolute Gasteiger partial charge is 0.339 e. The van der Waals surface area contributed by atoms with E-state index in [1.54, 1.807) is 26.0 Å². The topological polar surface area (TPSA) is 60.3 Å². The van der Waals surface area contributed by atoms with Crippen molar-refractivity contribution in [2.45, 2.75) is 59.9 Å². The van der Waals surface area contributed by atoms with Crippen LogP contribution in [0.25, 0.3) is 0 Å². The number of rotatable bonds is 6. The van der Waals surface area contributed by atoms with Crippen molar-refractivity contribution in [3.8, 4) is 0 Å². The second-order valence-corrected chi connectivity index (χ2v) is 8.29. The monoisotopic (exact) mass is 414 g/mol. The summed E-state index contributed by atoms with van der Waals surface area (Å²) in [6, 6.07) is 6.68. The molecule has 3 rings (SSSR count). The summed E-state index contributed by atoms with van der Waals surface area (Å²) >= 11 is 0. The number of ether oxygens (including phenoxy) is 1. The predicted molar refractivity (Wildman–Crippen MR) is 115 cm³/mol. The van der Waals surface area contributed by atoms with Crippen LogP contribution in [0, 0.1) is 38.4 Å². The highest BCUT2D eigenvalue weighted by Crippen LogP contribution is 2.32. The lowest BCUT2D eigenvalue weighted by Gasteiger charge is -2.29. The van der Waals surface area contributed by atoms with E-state index in [1.807, 2.05) is 19.9 Å². The second-order valence-electron chi connectivity index (χ2n) is 8.29. The highest BCUT2D eigenvalue weighted by molar-refractivity contribution is 5.92. The van der Waals surface area contributed by atoms with Crippen LogP contribution in [-0.4, -0.2) is 23.1 Å². The molecule has 1 amide bonds. The molecule has 1 fully saturated rings. The van der Waals surface area contributed by atoms with E-state index in [0.29, 0.717) is 29.3 Å². The number of nitrogens with zero attached hydrogens (tertiary/aromatic N) is 1. The fourth-order valence-electron chi connectivity index (χ4n) is 4.28. The maximum absolute atomic E-state index is 13.7. The molecule has 0 unspecified atom stereocenters. The Hall–Kier alpha value is -2.63. The first kappa shape index (κ1) is 22.1. The summed E-state index contributed by atoms with van der Waals surface area (Å²) in [5, 5.41) is 2.85. The fraction of sp³-hybridized carbons (Fsp3) is 0.500. The van der Waals surface area contributed by atoms with Crippen molar-refractivity contribution in [1.29, 1.82) is 0 Å². The van der Waals surface area contributed by atoms with Gasteiger partial charge in [0.2, 0.25) is 5.91 Å². The standard InChI is InChI=1S/C24H31FN2O3/c1-5-30-24(29)21-12-16(3)27(17(21)4)14-18-7-9-19(10-8-18)23(28)26-20-11-6-15(2)22(25)13-20/h6,11-13,18-19H,5,7-10,14H2,1-4H3,(H,26,28). The third-order valence-corrected chi connectivity index (χ3v) is 6.17. The highest BCUT2D eigenvalue weighted by Gasteiger charge is 2.28. The maximum atomic E-state index is 13.7. The van der Waals surface area contributed by atoms with Crippen molar-refractivity contribution in [3.05, 3.63) is 52.6 Å². The van der Waals surface area contributed by atoms with Gasteiger partial charge in [0.05, 0.1) is 12.2 Å². The lowest BCUT2D eigenvalue weighted by molar-refractivity contribution is -0.121. The number of aromatic nitrogens is 1. The fourth-order valence-corrected chi connectivity index (χ4v) is 4.28. The molecule has 1 aromatic carbocycles. The van der Waals surface area contributed by atoms with Gasteiger partial charge in [0.25, 0.3) is 0 Å². The summed E-state index contributed by atoms with van der Waals surface area (Å²) in [4.78, 5) is 24.7. The van der Waals surface area contributed by atoms with Gasteiger partial charge in [-0.15, -0.1) is 0 Å². The molecule has 1 N–H and O–H groups in total. The van der Waals surface area contributed by atoms with Crippen LogP contribution >= 0.6 is 0 Å². The molecule has 1 saturated carbocycles. The minimum atomic E-state index is -0.309. The number of aryl methyl sites for hydroxylation is 2. The lowest BCUT2D eigenvalue weighted by atomic mass is 9.81. The van der Waals surface area contributed by atoms with Crippen molar-refractivity contribution in [1.82, 2.24) is 4.57 Å². The van der Waals surface area contributed by atoms with Gasteiger partial charge in [-0.3, -0.25) is 4.79 Å². The predicted octanol–water partition coefficient (Wildman–Crippen LogP) is 5.17. The zero-order chi connectivity index (χ0) is 21.8. The van der Waals surface area contributed by atoms with Crippen molar-refractivity contribution < 1.29 is 18.7 Å². The first-order valence-corrected chi connectivity index (χ1v) is 10.7. The van der Waals surface area contributed by atoms with Gasteiger partial charge in [-0.2, -0.15) is 0 Å². The van der Waals surface area contributed by atoms with Gasteiger partial charge in [0.1, 0.15) is 5.82 Å². The van der Waals surface area contributed by atoms with Gasteiger partial charge in [-0.05, 0) is 83.1 Å². The Morgan fingerprint density at radius 3 is 2.47 bits per heavy atom. The second kappa shape index (κ2) is 9.45. The van der Waals surface area contributed by atoms with Gasteiger partial charge in [-0.1, -0.05) is 6.07 Å². The summed E-state index contributed by atoms with van der Waals surface area (Å²) in [6.45, 7) is 8.68. The van der Waals surface area contributed by atoms with E-state index in [2.05, 4.69) is 9.88 Å². The normalized spacial score (nSPS) is 18.8. The molecule has 0 aliphatic heterocycles. The Labute approximate surface area is 177 Å². The Balaban J connectivity index is 1.56. The third-order valence-electron chi connectivity index (χ3n) is 6.17. The molecule has 0 atom stereocenters. The highest BCUT2D eigenvalue weighted by atomic mass is 19.1. The van der Waals surface area contributed by atoms with Crippen LogP contribution in [0.5, 0.6) is 0 Å². The number of carbonyl (C=O) groups is 2. The average Bonchev–Trinajstić information content (AvgIpc) is 3.00. The molecule has 1 heterocycles. The van der Waals surface area contributed by atoms with Crippen molar-refractivity contribution in [2.24, 2.45) is 11.8 Å². The molecule has 1 aromatic heterocycles. The van der Waals surface area contributed by atoms with Crippen LogP contribution < -0.4 is 5.32 Å². The zero-order valence-electron chi connectivity index (χ0n) is 18.3. The molecule has 0 bridgehead atoms. The molecule has 0 spiro atoms. The number of amides is 1. The van der Waals surface area contributed by atoms with Gasteiger partial charge in [-0.25, -0.2) is 9.18 Å². The minimum absolute atomic E-state index is 0.0328. The Morgan fingerprint density at radius 1 is 1.13 bits per heavy atom. The molecule has 5 nitrogen and oxygen atoms in total. The Bertz CT molecular complexity index is 927. The summed E-state index contributed by atoms with van der Waals surface area (Å²) in [7, 11) is 0. The average molecular weight is 415 g/mol. The molecule has 1 aliphatic carbocycles. The number of halogens is 1. The summed E-state index contributed by atoms with van der Waals surface area (Å²) in [5.74, 6) is -0.200. The van der Waals surface area contributed by atoms with E-state index >= 15 is 0 Å². The van der Waals surface area contributed by atoms with Gasteiger partial charge in [0, 0.05) is 29.5 Å². The number of anilines is 1. The molecular weight excluding hydrogens is 383 g/mol. The van der Waals surface area contributed by atoms with Crippen molar-refractivity contribution in [3.63, 3.8) is 0 Å². The van der Waals surface area contributed by atoms with Crippen LogP contribution in [0.1, 0.15) is 59.9 Å². The van der Waals surface area contributed by atoms with Crippen LogP contribution in [0.3, 0.4) is 0 Å². The number of benzene rings is 1. The molecule has 1 aliphatic rings. The molecule has 0 saturated heterocycles. The first-order chi connectivity index (χ1) is 14.3.